The van der Waals surface area contributed by atoms with E-state index in [0.29, 0.717) is 5.39 Å². The van der Waals surface area contributed by atoms with E-state index in [-0.39, 0.29) is 17.9 Å². The normalized spacial score (nSPS) is 12.7. The molecule has 0 aliphatic heterocycles. The van der Waals surface area contributed by atoms with E-state index in [1.807, 2.05) is 0 Å². The molecule has 2 nitrogen and oxygen atoms in total. The first-order chi connectivity index (χ1) is 10.2. The third kappa shape index (κ3) is 3.51. The van der Waals surface area contributed by atoms with Crippen LogP contribution in [0.15, 0.2) is 30.3 Å². The van der Waals surface area contributed by atoms with Crippen LogP contribution in [0.1, 0.15) is 5.56 Å². The van der Waals surface area contributed by atoms with E-state index in [1.165, 1.54) is 13.2 Å². The summed E-state index contributed by atoms with van der Waals surface area (Å²) in [7, 11) is 1.39. The zero-order valence-corrected chi connectivity index (χ0v) is 15.9. The van der Waals surface area contributed by atoms with Crippen LogP contribution in [0.2, 0.25) is 14.8 Å². The number of ether oxygens (including phenoxy) is 2. The van der Waals surface area contributed by atoms with E-state index in [4.69, 9.17) is 9.47 Å². The molecule has 120 valence electrons. The maximum absolute atomic E-state index is 13.5. The third-order valence-corrected chi connectivity index (χ3v) is 9.23. The van der Waals surface area contributed by atoms with Gasteiger partial charge in [0.05, 0.1) is 0 Å². The van der Waals surface area contributed by atoms with Gasteiger partial charge in [0.1, 0.15) is 0 Å². The van der Waals surface area contributed by atoms with Gasteiger partial charge in [-0.3, -0.25) is 0 Å². The Labute approximate surface area is 132 Å². The predicted molar refractivity (Wildman–Crippen MR) is 84.4 cm³/mol. The monoisotopic (exact) mass is 420 g/mol. The Hall–Kier alpha value is -0.951. The molecule has 0 atom stereocenters. The fraction of sp³-hybridized carbons (Fsp3) is 0.375. The predicted octanol–water partition coefficient (Wildman–Crippen LogP) is 4.39. The molecular formula is C16H19F3O2Sn. The third-order valence-electron chi connectivity index (χ3n) is 3.43. The fourth-order valence-electron chi connectivity index (χ4n) is 2.50. The van der Waals surface area contributed by atoms with E-state index in [9.17, 15) is 13.2 Å². The SMILES string of the molecule is COCOc1c[c]([Sn]([CH3])([CH3])[CH3])c2ccccc2c1C(F)(F)F. The molecular weight excluding hydrogens is 400 g/mol. The van der Waals surface area contributed by atoms with Crippen LogP contribution in [0.3, 0.4) is 0 Å². The van der Waals surface area contributed by atoms with Crippen molar-refractivity contribution < 1.29 is 22.6 Å². The van der Waals surface area contributed by atoms with Gasteiger partial charge in [-0.1, -0.05) is 0 Å². The van der Waals surface area contributed by atoms with E-state index in [0.717, 1.165) is 3.58 Å². The molecule has 2 aromatic carbocycles. The minimum atomic E-state index is -4.48. The van der Waals surface area contributed by atoms with E-state index >= 15 is 0 Å². The molecule has 0 heterocycles. The first kappa shape index (κ1) is 17.4. The summed E-state index contributed by atoms with van der Waals surface area (Å²) in [6, 6.07) is 8.25. The van der Waals surface area contributed by atoms with Crippen molar-refractivity contribution in [3.05, 3.63) is 35.9 Å². The van der Waals surface area contributed by atoms with E-state index in [1.54, 1.807) is 24.3 Å². The van der Waals surface area contributed by atoms with Crippen molar-refractivity contribution in [3.63, 3.8) is 0 Å². The summed E-state index contributed by atoms with van der Waals surface area (Å²) >= 11 is -2.62. The molecule has 0 N–H and O–H groups in total. The van der Waals surface area contributed by atoms with Crippen LogP contribution in [0, 0.1) is 0 Å². The molecule has 0 aliphatic rings. The second-order valence-electron chi connectivity index (χ2n) is 6.14. The molecule has 0 aromatic heterocycles. The van der Waals surface area contributed by atoms with Crippen molar-refractivity contribution in [2.24, 2.45) is 0 Å². The summed E-state index contributed by atoms with van der Waals surface area (Å²) in [6.45, 7) is -0.208. The molecule has 0 spiro atoms. The molecule has 0 saturated carbocycles. The van der Waals surface area contributed by atoms with E-state index in [2.05, 4.69) is 14.8 Å². The van der Waals surface area contributed by atoms with Crippen molar-refractivity contribution in [2.45, 2.75) is 21.0 Å². The molecule has 2 aromatic rings. The quantitative estimate of drug-likeness (QED) is 0.541. The number of benzene rings is 2. The zero-order valence-electron chi connectivity index (χ0n) is 13.0. The number of hydrogen-bond donors (Lipinski definition) is 0. The minimum absolute atomic E-state index is 0.144. The van der Waals surface area contributed by atoms with E-state index < -0.39 is 30.1 Å². The molecule has 0 unspecified atom stereocenters. The average molecular weight is 419 g/mol. The van der Waals surface area contributed by atoms with Crippen molar-refractivity contribution >= 4 is 32.7 Å². The Morgan fingerprint density at radius 3 is 2.14 bits per heavy atom. The molecule has 2 rings (SSSR count). The van der Waals surface area contributed by atoms with Crippen molar-refractivity contribution in [1.82, 2.24) is 0 Å². The van der Waals surface area contributed by atoms with Crippen molar-refractivity contribution in [3.8, 4) is 5.75 Å². The van der Waals surface area contributed by atoms with Gasteiger partial charge in [-0.05, 0) is 0 Å². The topological polar surface area (TPSA) is 18.5 Å². The Morgan fingerprint density at radius 1 is 1.05 bits per heavy atom. The molecule has 0 radical (unpaired) electrons. The van der Waals surface area contributed by atoms with Gasteiger partial charge in [0.2, 0.25) is 0 Å². The Morgan fingerprint density at radius 2 is 1.64 bits per heavy atom. The summed E-state index contributed by atoms with van der Waals surface area (Å²) < 4.78 is 51.6. The second-order valence-corrected chi connectivity index (χ2v) is 20.5. The van der Waals surface area contributed by atoms with Gasteiger partial charge >= 0.3 is 132 Å². The number of rotatable bonds is 4. The summed E-state index contributed by atoms with van der Waals surface area (Å²) in [5.74, 6) is -0.144. The molecule has 22 heavy (non-hydrogen) atoms. The van der Waals surface area contributed by atoms with Gasteiger partial charge in [-0.15, -0.1) is 0 Å². The van der Waals surface area contributed by atoms with Gasteiger partial charge < -0.3 is 0 Å². The Kier molecular flexibility index (Phi) is 4.96. The summed E-state index contributed by atoms with van der Waals surface area (Å²) in [5.41, 5.74) is -0.723. The van der Waals surface area contributed by atoms with Crippen molar-refractivity contribution in [1.29, 1.82) is 0 Å². The molecule has 0 aliphatic carbocycles. The molecule has 0 fully saturated rings. The molecule has 0 amide bonds. The van der Waals surface area contributed by atoms with Gasteiger partial charge in [-0.25, -0.2) is 0 Å². The van der Waals surface area contributed by atoms with Crippen LogP contribution >= 0.6 is 0 Å². The number of halogens is 3. The van der Waals surface area contributed by atoms with Gasteiger partial charge in [0, 0.05) is 0 Å². The van der Waals surface area contributed by atoms with Crippen LogP contribution in [0.25, 0.3) is 10.8 Å². The van der Waals surface area contributed by atoms with Crippen LogP contribution in [-0.4, -0.2) is 32.3 Å². The Balaban J connectivity index is 2.85. The zero-order chi connectivity index (χ0) is 16.5. The number of hydrogen-bond acceptors (Lipinski definition) is 2. The maximum atomic E-state index is 13.5. The number of alkyl halides is 3. The fourth-order valence-corrected chi connectivity index (χ4v) is 7.04. The standard InChI is InChI=1S/C13H10F3O2.3CH3.Sn/c1-17-8-18-11-7-6-9-4-2-3-5-10(9)12(11)13(14,15)16;;;;/h2-5,7H,8H2,1H3;3*1H3;. The van der Waals surface area contributed by atoms with Crippen LogP contribution in [0.4, 0.5) is 13.2 Å². The first-order valence-corrected chi connectivity index (χ1v) is 16.9. The van der Waals surface area contributed by atoms with Gasteiger partial charge in [0.25, 0.3) is 0 Å². The van der Waals surface area contributed by atoms with Gasteiger partial charge in [0.15, 0.2) is 0 Å². The molecule has 6 heteroatoms. The summed E-state index contributed by atoms with van der Waals surface area (Å²) in [5, 5.41) is 0.883. The average Bonchev–Trinajstić information content (AvgIpc) is 2.41. The summed E-state index contributed by atoms with van der Waals surface area (Å²) in [4.78, 5) is 6.51. The van der Waals surface area contributed by atoms with Crippen LogP contribution in [0.5, 0.6) is 5.75 Å². The van der Waals surface area contributed by atoms with Gasteiger partial charge in [-0.2, -0.15) is 0 Å². The Bertz CT molecular complexity index is 675. The molecule has 0 saturated heterocycles. The number of fused-ring (bicyclic) bond motifs is 1. The first-order valence-electron chi connectivity index (χ1n) is 6.91. The molecule has 0 bridgehead atoms. The van der Waals surface area contributed by atoms with Crippen LogP contribution < -0.4 is 8.32 Å². The number of methoxy groups -OCH3 is 1. The summed E-state index contributed by atoms with van der Waals surface area (Å²) in [6.07, 6.45) is -4.48. The van der Waals surface area contributed by atoms with Crippen LogP contribution in [-0.2, 0) is 10.9 Å². The second kappa shape index (κ2) is 6.28. The van der Waals surface area contributed by atoms with Crippen molar-refractivity contribution in [2.75, 3.05) is 13.9 Å².